The molecule has 10 aromatic carbocycles. The lowest BCUT2D eigenvalue weighted by molar-refractivity contribution is 1.16. The SMILES string of the molecule is [2H]c1c([2H])c([2H])c(-c2cccc(-c3ccc4sc5cccc(-n6c7ccccc7c7ccc(-n8c9c([2H])c([2H])c([2H])c([2H])c9c9c([2H])c(-n%10c%11c([2H])c([2H])c([2H])c([2H])c%11c%11c([2H])c([2H])c([2H])c([2H])c%11%10)c([2H])c([2H])c98)cc76)c5c4c3)c2)c([2H])c1[2H]. The van der Waals surface area contributed by atoms with Crippen LogP contribution in [0.2, 0.25) is 0 Å². The summed E-state index contributed by atoms with van der Waals surface area (Å²) in [6.45, 7) is 0. The number of benzene rings is 10. The van der Waals surface area contributed by atoms with Crippen molar-refractivity contribution < 1.29 is 27.4 Å². The first kappa shape index (κ1) is 21.3. The van der Waals surface area contributed by atoms with Gasteiger partial charge in [0.25, 0.3) is 0 Å². The maximum absolute atomic E-state index is 10.1. The number of para-hydroxylation sites is 4. The quantitative estimate of drug-likeness (QED) is 0.164. The van der Waals surface area contributed by atoms with Gasteiger partial charge in [-0.05, 0) is 107 Å². The Kier molecular flexibility index (Phi) is 4.54. The second kappa shape index (κ2) is 13.7. The highest BCUT2D eigenvalue weighted by molar-refractivity contribution is 7.25. The van der Waals surface area contributed by atoms with E-state index < -0.39 is 125 Å². The Balaban J connectivity index is 1.04. The molecule has 0 bridgehead atoms. The highest BCUT2D eigenvalue weighted by Crippen LogP contribution is 2.44. The van der Waals surface area contributed by atoms with Crippen LogP contribution in [0.5, 0.6) is 0 Å². The lowest BCUT2D eigenvalue weighted by Crippen LogP contribution is -1.98. The number of aromatic nitrogens is 3. The average molecular weight is 852 g/mol. The molecule has 0 amide bonds. The van der Waals surface area contributed by atoms with Crippen molar-refractivity contribution in [3.8, 4) is 39.3 Å². The number of thiophene rings is 1. The molecule has 0 saturated carbocycles. The Hall–Kier alpha value is -8.18. The van der Waals surface area contributed by atoms with Gasteiger partial charge in [0.1, 0.15) is 0 Å². The molecule has 0 aliphatic heterocycles. The van der Waals surface area contributed by atoms with Crippen LogP contribution in [0.4, 0.5) is 0 Å². The van der Waals surface area contributed by atoms with Gasteiger partial charge < -0.3 is 13.7 Å². The largest absolute Gasteiger partial charge is 0.309 e. The van der Waals surface area contributed by atoms with E-state index in [2.05, 4.69) is 10.6 Å². The first-order valence-electron chi connectivity index (χ1n) is 30.3. The van der Waals surface area contributed by atoms with Crippen molar-refractivity contribution in [3.63, 3.8) is 0 Å². The molecular formula is C60H37N3S. The number of hydrogen-bond donors (Lipinski definition) is 0. The first-order valence-corrected chi connectivity index (χ1v) is 21.1. The van der Waals surface area contributed by atoms with Crippen molar-refractivity contribution in [3.05, 3.63) is 224 Å². The topological polar surface area (TPSA) is 14.8 Å². The van der Waals surface area contributed by atoms with Crippen LogP contribution in [0, 0.1) is 0 Å². The van der Waals surface area contributed by atoms with Gasteiger partial charge in [0.2, 0.25) is 0 Å². The highest BCUT2D eigenvalue weighted by atomic mass is 32.1. The van der Waals surface area contributed by atoms with Gasteiger partial charge in [0.05, 0.1) is 66.2 Å². The smallest absolute Gasteiger partial charge is 0.0652 e. The third kappa shape index (κ3) is 5.15. The summed E-state index contributed by atoms with van der Waals surface area (Å²) < 4.78 is 186. The summed E-state index contributed by atoms with van der Waals surface area (Å²) in [5.41, 5.74) is 2.95. The fraction of sp³-hybridized carbons (Fsp3) is 0. The van der Waals surface area contributed by atoms with Crippen molar-refractivity contribution in [1.82, 2.24) is 13.7 Å². The standard InChI is InChI=1S/C60H37N3S/c1-2-14-38(15-3-1)39-16-12-17-40(34-39)41-28-33-58-50(35-41)60-56(26-13-27-59(60)64-58)63-54-25-11-6-20-46(54)48-31-29-43(37-57(48)63)62-53-24-10-7-21-47(53)49-36-42(30-32-55(49)62)61-51-22-8-4-18-44(51)45-19-5-9-23-52(45)61/h1-37H/i1D,2D,3D,4D,5D,7D,8D,9D,10D,14D,15D,18D,19D,21D,22D,23D,24D,30D,32D,36D. The fourth-order valence-corrected chi connectivity index (χ4v) is 10.4. The molecule has 0 aliphatic rings. The molecule has 14 rings (SSSR count). The summed E-state index contributed by atoms with van der Waals surface area (Å²) in [7, 11) is 0. The number of rotatable bonds is 5. The molecule has 0 atom stereocenters. The van der Waals surface area contributed by atoms with Crippen LogP contribution < -0.4 is 0 Å². The lowest BCUT2D eigenvalue weighted by Gasteiger charge is -2.13. The summed E-state index contributed by atoms with van der Waals surface area (Å²) in [4.78, 5) is 0. The summed E-state index contributed by atoms with van der Waals surface area (Å²) >= 11 is 1.59. The Bertz CT molecular complexity index is 5300. The molecule has 298 valence electrons. The lowest BCUT2D eigenvalue weighted by atomic mass is 9.98. The van der Waals surface area contributed by atoms with E-state index in [-0.39, 0.29) is 55.9 Å². The normalized spacial score (nSPS) is 16.4. The van der Waals surface area contributed by atoms with E-state index in [4.69, 9.17) is 20.6 Å². The molecule has 0 spiro atoms. The second-order valence-electron chi connectivity index (χ2n) is 15.4. The van der Waals surface area contributed by atoms with E-state index in [9.17, 15) is 6.85 Å². The first-order chi connectivity index (χ1) is 40.1. The molecule has 0 aliphatic carbocycles. The zero-order valence-corrected chi connectivity index (χ0v) is 33.9. The minimum atomic E-state index is -0.734. The third-order valence-electron chi connectivity index (χ3n) is 12.0. The molecule has 4 heterocycles. The van der Waals surface area contributed by atoms with Crippen molar-refractivity contribution in [1.29, 1.82) is 0 Å². The molecule has 0 radical (unpaired) electrons. The summed E-state index contributed by atoms with van der Waals surface area (Å²) in [5, 5.41) is 2.38. The van der Waals surface area contributed by atoms with Crippen LogP contribution >= 0.6 is 11.3 Å². The van der Waals surface area contributed by atoms with Gasteiger partial charge in [0, 0.05) is 63.9 Å². The van der Waals surface area contributed by atoms with Crippen molar-refractivity contribution in [2.45, 2.75) is 0 Å². The molecule has 4 aromatic heterocycles. The highest BCUT2D eigenvalue weighted by Gasteiger charge is 2.21. The molecule has 4 heteroatoms. The van der Waals surface area contributed by atoms with Gasteiger partial charge in [-0.25, -0.2) is 0 Å². The Morgan fingerprint density at radius 1 is 0.328 bits per heavy atom. The van der Waals surface area contributed by atoms with Crippen LogP contribution in [-0.4, -0.2) is 13.7 Å². The molecule has 64 heavy (non-hydrogen) atoms. The van der Waals surface area contributed by atoms with Gasteiger partial charge in [0.15, 0.2) is 0 Å². The van der Waals surface area contributed by atoms with Crippen LogP contribution in [-0.2, 0) is 0 Å². The zero-order valence-electron chi connectivity index (χ0n) is 53.1. The average Bonchev–Trinajstić information content (AvgIpc) is 1.82. The van der Waals surface area contributed by atoms with Crippen LogP contribution in [0.1, 0.15) is 27.4 Å². The van der Waals surface area contributed by atoms with E-state index in [0.29, 0.717) is 11.1 Å². The Morgan fingerprint density at radius 2 is 0.953 bits per heavy atom. The molecular weight excluding hydrogens is 795 g/mol. The summed E-state index contributed by atoms with van der Waals surface area (Å²) in [6.07, 6.45) is 0. The maximum Gasteiger partial charge on any atom is 0.0652 e. The molecule has 0 N–H and O–H groups in total. The molecule has 0 unspecified atom stereocenters. The number of hydrogen-bond acceptors (Lipinski definition) is 1. The van der Waals surface area contributed by atoms with Gasteiger partial charge >= 0.3 is 0 Å². The van der Waals surface area contributed by atoms with Crippen molar-refractivity contribution in [2.75, 3.05) is 0 Å². The predicted octanol–water partition coefficient (Wildman–Crippen LogP) is 16.7. The van der Waals surface area contributed by atoms with Gasteiger partial charge in [-0.1, -0.05) is 139 Å². The minimum Gasteiger partial charge on any atom is -0.309 e. The summed E-state index contributed by atoms with van der Waals surface area (Å²) in [6, 6.07) is 20.6. The third-order valence-corrected chi connectivity index (χ3v) is 13.2. The van der Waals surface area contributed by atoms with Crippen LogP contribution in [0.15, 0.2) is 224 Å². The minimum absolute atomic E-state index is 0.0870. The Labute approximate surface area is 400 Å². The molecule has 14 aromatic rings. The maximum atomic E-state index is 10.1. The van der Waals surface area contributed by atoms with Crippen molar-refractivity contribution in [2.24, 2.45) is 0 Å². The van der Waals surface area contributed by atoms with E-state index in [0.717, 1.165) is 57.8 Å². The van der Waals surface area contributed by atoms with Gasteiger partial charge in [-0.2, -0.15) is 0 Å². The molecule has 0 saturated heterocycles. The fourth-order valence-electron chi connectivity index (χ4n) is 9.30. The van der Waals surface area contributed by atoms with Gasteiger partial charge in [-0.3, -0.25) is 0 Å². The van der Waals surface area contributed by atoms with E-state index in [1.54, 1.807) is 29.5 Å². The summed E-state index contributed by atoms with van der Waals surface area (Å²) in [5.74, 6) is 0. The zero-order chi connectivity index (χ0) is 59.3. The number of fused-ring (bicyclic) bond motifs is 12. The second-order valence-corrected chi connectivity index (χ2v) is 16.5. The Morgan fingerprint density at radius 3 is 1.73 bits per heavy atom. The molecule has 0 fully saturated rings. The molecule has 3 nitrogen and oxygen atoms in total. The van der Waals surface area contributed by atoms with E-state index in [1.165, 1.54) is 4.57 Å². The monoisotopic (exact) mass is 851 g/mol. The van der Waals surface area contributed by atoms with Gasteiger partial charge in [-0.15, -0.1) is 11.3 Å². The van der Waals surface area contributed by atoms with E-state index >= 15 is 0 Å². The number of nitrogens with zero attached hydrogens (tertiary/aromatic N) is 3. The predicted molar refractivity (Wildman–Crippen MR) is 273 cm³/mol. The van der Waals surface area contributed by atoms with Crippen LogP contribution in [0.3, 0.4) is 0 Å². The van der Waals surface area contributed by atoms with Crippen molar-refractivity contribution >= 4 is 96.9 Å². The van der Waals surface area contributed by atoms with E-state index in [1.807, 2.05) is 78.9 Å². The van der Waals surface area contributed by atoms with Crippen LogP contribution in [0.25, 0.3) is 125 Å².